The molecule has 5 heteroatoms. The second-order valence-electron chi connectivity index (χ2n) is 6.37. The summed E-state index contributed by atoms with van der Waals surface area (Å²) in [6.45, 7) is 5.70. The first-order valence-corrected chi connectivity index (χ1v) is 6.64. The van der Waals surface area contributed by atoms with Crippen LogP contribution in [0.25, 0.3) is 0 Å². The first-order valence-electron chi connectivity index (χ1n) is 6.64. The number of fused-ring (bicyclic) bond motifs is 1. The van der Waals surface area contributed by atoms with Gasteiger partial charge in [-0.05, 0) is 36.5 Å². The summed E-state index contributed by atoms with van der Waals surface area (Å²) < 4.78 is 0. The Bertz CT molecular complexity index is 376. The zero-order valence-electron chi connectivity index (χ0n) is 12.0. The normalized spacial score (nSPS) is 39.1. The second kappa shape index (κ2) is 5.12. The molecule has 2 rings (SSSR count). The number of carboxylic acids is 2. The monoisotopic (exact) mass is 272 g/mol. The molecule has 0 aromatic rings. The molecule has 0 aromatic heterocycles. The van der Waals surface area contributed by atoms with Crippen molar-refractivity contribution in [2.75, 3.05) is 7.11 Å². The topological polar surface area (TPSA) is 94.8 Å². The number of carboxylic acid groups (broad SMARTS) is 2. The zero-order chi connectivity index (χ0) is 15.0. The molecule has 3 N–H and O–H groups in total. The van der Waals surface area contributed by atoms with Gasteiger partial charge in [-0.2, -0.15) is 0 Å². The molecule has 0 aliphatic heterocycles. The van der Waals surface area contributed by atoms with Crippen molar-refractivity contribution in [2.24, 2.45) is 28.6 Å². The van der Waals surface area contributed by atoms with Crippen LogP contribution in [0, 0.1) is 28.6 Å². The van der Waals surface area contributed by atoms with Crippen LogP contribution in [0.3, 0.4) is 0 Å². The molecule has 19 heavy (non-hydrogen) atoms. The predicted molar refractivity (Wildman–Crippen MR) is 69.6 cm³/mol. The van der Waals surface area contributed by atoms with Crippen LogP contribution in [0.5, 0.6) is 0 Å². The van der Waals surface area contributed by atoms with E-state index in [0.29, 0.717) is 18.8 Å². The Balaban J connectivity index is 0.000000861. The second-order valence-corrected chi connectivity index (χ2v) is 6.37. The summed E-state index contributed by atoms with van der Waals surface area (Å²) in [6.07, 6.45) is 1.97. The lowest BCUT2D eigenvalue weighted by molar-refractivity contribution is -0.161. The molecular formula is C14H24O5. The third-order valence-corrected chi connectivity index (χ3v) is 5.28. The Hall–Kier alpha value is -1.10. The maximum atomic E-state index is 11.7. The molecule has 0 saturated heterocycles. The highest BCUT2D eigenvalue weighted by Crippen LogP contribution is 2.67. The third-order valence-electron chi connectivity index (χ3n) is 5.28. The molecule has 5 nitrogen and oxygen atoms in total. The quantitative estimate of drug-likeness (QED) is 0.713. The van der Waals surface area contributed by atoms with Gasteiger partial charge in [0, 0.05) is 7.11 Å². The van der Waals surface area contributed by atoms with Gasteiger partial charge in [-0.1, -0.05) is 20.8 Å². The van der Waals surface area contributed by atoms with Gasteiger partial charge in [0.15, 0.2) is 0 Å². The highest BCUT2D eigenvalue weighted by Gasteiger charge is 2.68. The molecule has 0 radical (unpaired) electrons. The summed E-state index contributed by atoms with van der Waals surface area (Å²) in [4.78, 5) is 23.0. The SMILES string of the molecule is CC1CC2CC(C(=O)O)C(C)(C)C2(C(=O)O)C1.CO. The number of hydrogen-bond donors (Lipinski definition) is 3. The van der Waals surface area contributed by atoms with Gasteiger partial charge in [-0.3, -0.25) is 9.59 Å². The van der Waals surface area contributed by atoms with Crippen LogP contribution in [0.15, 0.2) is 0 Å². The smallest absolute Gasteiger partial charge is 0.310 e. The highest BCUT2D eigenvalue weighted by atomic mass is 16.4. The molecule has 0 bridgehead atoms. The van der Waals surface area contributed by atoms with Crippen molar-refractivity contribution in [2.45, 2.75) is 40.0 Å². The summed E-state index contributed by atoms with van der Waals surface area (Å²) in [7, 11) is 1.00. The Morgan fingerprint density at radius 3 is 2.00 bits per heavy atom. The Morgan fingerprint density at radius 2 is 1.63 bits per heavy atom. The van der Waals surface area contributed by atoms with Crippen LogP contribution in [-0.2, 0) is 9.59 Å². The maximum absolute atomic E-state index is 11.7. The molecule has 0 amide bonds. The third kappa shape index (κ3) is 2.04. The first kappa shape index (κ1) is 16.0. The first-order chi connectivity index (χ1) is 8.73. The van der Waals surface area contributed by atoms with Crippen LogP contribution < -0.4 is 0 Å². The Kier molecular flexibility index (Phi) is 4.30. The fourth-order valence-corrected chi connectivity index (χ4v) is 4.41. The molecule has 4 atom stereocenters. The zero-order valence-corrected chi connectivity index (χ0v) is 12.0. The van der Waals surface area contributed by atoms with Gasteiger partial charge in [0.25, 0.3) is 0 Å². The standard InChI is InChI=1S/C13H20O4.CH4O/c1-7-4-8-5-9(10(14)15)12(2,3)13(8,6-7)11(16)17;1-2/h7-9H,4-6H2,1-3H3,(H,14,15)(H,16,17);2H,1H3. The van der Waals surface area contributed by atoms with E-state index < -0.39 is 28.7 Å². The molecular weight excluding hydrogens is 248 g/mol. The van der Waals surface area contributed by atoms with Crippen molar-refractivity contribution in [1.82, 2.24) is 0 Å². The van der Waals surface area contributed by atoms with E-state index in [1.54, 1.807) is 0 Å². The van der Waals surface area contributed by atoms with Gasteiger partial charge < -0.3 is 15.3 Å². The predicted octanol–water partition coefficient (Wildman–Crippen LogP) is 1.84. The van der Waals surface area contributed by atoms with Gasteiger partial charge in [0.1, 0.15) is 0 Å². The Labute approximate surface area is 113 Å². The minimum atomic E-state index is -0.849. The van der Waals surface area contributed by atoms with E-state index in [1.807, 2.05) is 13.8 Å². The van der Waals surface area contributed by atoms with Gasteiger partial charge >= 0.3 is 11.9 Å². The number of carbonyl (C=O) groups is 2. The van der Waals surface area contributed by atoms with Gasteiger partial charge in [-0.25, -0.2) is 0 Å². The molecule has 0 heterocycles. The Morgan fingerprint density at radius 1 is 1.11 bits per heavy atom. The van der Waals surface area contributed by atoms with Crippen LogP contribution in [0.2, 0.25) is 0 Å². The molecule has 110 valence electrons. The summed E-state index contributed by atoms with van der Waals surface area (Å²) >= 11 is 0. The van der Waals surface area contributed by atoms with Crippen molar-refractivity contribution in [1.29, 1.82) is 0 Å². The van der Waals surface area contributed by atoms with E-state index in [4.69, 9.17) is 5.11 Å². The van der Waals surface area contributed by atoms with Crippen molar-refractivity contribution in [3.8, 4) is 0 Å². The van der Waals surface area contributed by atoms with Gasteiger partial charge in [0.05, 0.1) is 11.3 Å². The number of aliphatic hydroxyl groups excluding tert-OH is 1. The average Bonchev–Trinajstić information content (AvgIpc) is 2.75. The van der Waals surface area contributed by atoms with Crippen molar-refractivity contribution in [3.05, 3.63) is 0 Å². The number of rotatable bonds is 2. The number of aliphatic carboxylic acids is 2. The summed E-state index contributed by atoms with van der Waals surface area (Å²) in [6, 6.07) is 0. The number of hydrogen-bond acceptors (Lipinski definition) is 3. The van der Waals surface area contributed by atoms with Crippen LogP contribution in [0.4, 0.5) is 0 Å². The lowest BCUT2D eigenvalue weighted by Gasteiger charge is -2.39. The summed E-state index contributed by atoms with van der Waals surface area (Å²) in [5.41, 5.74) is -1.50. The van der Waals surface area contributed by atoms with Crippen LogP contribution in [-0.4, -0.2) is 34.4 Å². The molecule has 2 fully saturated rings. The van der Waals surface area contributed by atoms with Gasteiger partial charge in [-0.15, -0.1) is 0 Å². The van der Waals surface area contributed by atoms with E-state index in [1.165, 1.54) is 0 Å². The lowest BCUT2D eigenvalue weighted by atomic mass is 9.62. The molecule has 4 unspecified atom stereocenters. The van der Waals surface area contributed by atoms with E-state index in [-0.39, 0.29) is 5.92 Å². The van der Waals surface area contributed by atoms with E-state index in [0.717, 1.165) is 13.5 Å². The van der Waals surface area contributed by atoms with Crippen molar-refractivity contribution >= 4 is 11.9 Å². The van der Waals surface area contributed by atoms with Crippen molar-refractivity contribution in [3.63, 3.8) is 0 Å². The summed E-state index contributed by atoms with van der Waals surface area (Å²) in [5, 5.41) is 25.9. The molecule has 0 aromatic carbocycles. The maximum Gasteiger partial charge on any atom is 0.310 e. The highest BCUT2D eigenvalue weighted by molar-refractivity contribution is 5.81. The minimum absolute atomic E-state index is 0.0195. The van der Waals surface area contributed by atoms with Crippen LogP contribution in [0.1, 0.15) is 40.0 Å². The number of aliphatic hydroxyl groups is 1. The largest absolute Gasteiger partial charge is 0.481 e. The molecule has 0 spiro atoms. The molecule has 2 aliphatic carbocycles. The van der Waals surface area contributed by atoms with Crippen molar-refractivity contribution < 1.29 is 24.9 Å². The van der Waals surface area contributed by atoms with Crippen LogP contribution >= 0.6 is 0 Å². The van der Waals surface area contributed by atoms with E-state index >= 15 is 0 Å². The fourth-order valence-electron chi connectivity index (χ4n) is 4.41. The van der Waals surface area contributed by atoms with E-state index in [2.05, 4.69) is 6.92 Å². The lowest BCUT2D eigenvalue weighted by Crippen LogP contribution is -2.45. The minimum Gasteiger partial charge on any atom is -0.481 e. The fraction of sp³-hybridized carbons (Fsp3) is 0.857. The van der Waals surface area contributed by atoms with Gasteiger partial charge in [0.2, 0.25) is 0 Å². The average molecular weight is 272 g/mol. The summed E-state index contributed by atoms with van der Waals surface area (Å²) in [5.74, 6) is -1.79. The molecule has 2 aliphatic rings. The van der Waals surface area contributed by atoms with E-state index in [9.17, 15) is 19.8 Å². The molecule has 2 saturated carbocycles.